The SMILES string of the molecule is CC1CCOC1CNCCCN. The standard InChI is InChI=1S/C9H20N2O/c1-8-3-6-12-9(8)7-11-5-2-4-10/h8-9,11H,2-7,10H2,1H3. The predicted molar refractivity (Wildman–Crippen MR) is 50.1 cm³/mol. The molecular formula is C9H20N2O. The average Bonchev–Trinajstić information content (AvgIpc) is 2.46. The Kier molecular flexibility index (Phi) is 4.58. The van der Waals surface area contributed by atoms with Crippen molar-refractivity contribution in [2.45, 2.75) is 25.9 Å². The van der Waals surface area contributed by atoms with E-state index in [1.54, 1.807) is 0 Å². The van der Waals surface area contributed by atoms with Crippen molar-refractivity contribution in [1.82, 2.24) is 5.32 Å². The minimum Gasteiger partial charge on any atom is -0.377 e. The van der Waals surface area contributed by atoms with E-state index in [1.807, 2.05) is 0 Å². The summed E-state index contributed by atoms with van der Waals surface area (Å²) in [4.78, 5) is 0. The van der Waals surface area contributed by atoms with Crippen LogP contribution in [-0.4, -0.2) is 32.3 Å². The molecule has 72 valence electrons. The maximum absolute atomic E-state index is 5.55. The largest absolute Gasteiger partial charge is 0.377 e. The van der Waals surface area contributed by atoms with E-state index in [0.717, 1.165) is 38.6 Å². The van der Waals surface area contributed by atoms with Crippen molar-refractivity contribution in [3.8, 4) is 0 Å². The van der Waals surface area contributed by atoms with Crippen molar-refractivity contribution in [1.29, 1.82) is 0 Å². The van der Waals surface area contributed by atoms with Crippen LogP contribution in [0.3, 0.4) is 0 Å². The van der Waals surface area contributed by atoms with E-state index in [2.05, 4.69) is 12.2 Å². The second-order valence-corrected chi connectivity index (χ2v) is 3.52. The van der Waals surface area contributed by atoms with E-state index in [1.165, 1.54) is 6.42 Å². The molecule has 2 atom stereocenters. The molecule has 1 rings (SSSR count). The molecule has 1 saturated heterocycles. The highest BCUT2D eigenvalue weighted by molar-refractivity contribution is 4.74. The lowest BCUT2D eigenvalue weighted by Gasteiger charge is -2.14. The van der Waals surface area contributed by atoms with Crippen molar-refractivity contribution in [3.63, 3.8) is 0 Å². The Hall–Kier alpha value is -0.120. The van der Waals surface area contributed by atoms with Crippen LogP contribution in [-0.2, 0) is 4.74 Å². The van der Waals surface area contributed by atoms with Gasteiger partial charge in [0.05, 0.1) is 6.10 Å². The van der Waals surface area contributed by atoms with Crippen molar-refractivity contribution in [2.24, 2.45) is 11.7 Å². The zero-order valence-corrected chi connectivity index (χ0v) is 7.88. The van der Waals surface area contributed by atoms with Crippen LogP contribution in [0.25, 0.3) is 0 Å². The van der Waals surface area contributed by atoms with E-state index in [4.69, 9.17) is 10.5 Å². The van der Waals surface area contributed by atoms with Gasteiger partial charge in [0, 0.05) is 13.2 Å². The molecule has 3 heteroatoms. The van der Waals surface area contributed by atoms with Crippen LogP contribution < -0.4 is 11.1 Å². The predicted octanol–water partition coefficient (Wildman–Crippen LogP) is 0.350. The van der Waals surface area contributed by atoms with E-state index >= 15 is 0 Å². The van der Waals surface area contributed by atoms with Gasteiger partial charge in [0.2, 0.25) is 0 Å². The van der Waals surface area contributed by atoms with Gasteiger partial charge in [0.1, 0.15) is 0 Å². The van der Waals surface area contributed by atoms with E-state index in [0.29, 0.717) is 6.10 Å². The zero-order chi connectivity index (χ0) is 8.81. The summed E-state index contributed by atoms with van der Waals surface area (Å²) < 4.78 is 5.55. The Bertz CT molecular complexity index is 119. The van der Waals surface area contributed by atoms with E-state index in [-0.39, 0.29) is 0 Å². The summed E-state index contributed by atoms with van der Waals surface area (Å²) in [5, 5.41) is 3.35. The van der Waals surface area contributed by atoms with Gasteiger partial charge < -0.3 is 15.8 Å². The van der Waals surface area contributed by atoms with Crippen LogP contribution >= 0.6 is 0 Å². The third kappa shape index (κ3) is 3.09. The van der Waals surface area contributed by atoms with Gasteiger partial charge in [-0.15, -0.1) is 0 Å². The van der Waals surface area contributed by atoms with Crippen molar-refractivity contribution >= 4 is 0 Å². The first-order valence-electron chi connectivity index (χ1n) is 4.87. The molecule has 0 aromatic carbocycles. The molecule has 2 unspecified atom stereocenters. The number of ether oxygens (including phenoxy) is 1. The molecule has 0 saturated carbocycles. The smallest absolute Gasteiger partial charge is 0.0725 e. The summed E-state index contributed by atoms with van der Waals surface area (Å²) in [6, 6.07) is 0. The normalized spacial score (nSPS) is 29.5. The Labute approximate surface area is 74.7 Å². The second-order valence-electron chi connectivity index (χ2n) is 3.52. The number of nitrogens with one attached hydrogen (secondary N) is 1. The Balaban J connectivity index is 1.98. The molecule has 1 aliphatic rings. The lowest BCUT2D eigenvalue weighted by molar-refractivity contribution is 0.0935. The van der Waals surface area contributed by atoms with Gasteiger partial charge >= 0.3 is 0 Å². The first-order valence-corrected chi connectivity index (χ1v) is 4.87. The van der Waals surface area contributed by atoms with Crippen LogP contribution in [0.2, 0.25) is 0 Å². The average molecular weight is 172 g/mol. The summed E-state index contributed by atoms with van der Waals surface area (Å²) in [7, 11) is 0. The molecule has 0 aromatic heterocycles. The molecule has 0 amide bonds. The maximum Gasteiger partial charge on any atom is 0.0725 e. The molecule has 0 spiro atoms. The zero-order valence-electron chi connectivity index (χ0n) is 7.88. The number of rotatable bonds is 5. The quantitative estimate of drug-likeness (QED) is 0.588. The Morgan fingerprint density at radius 1 is 1.58 bits per heavy atom. The Morgan fingerprint density at radius 2 is 2.42 bits per heavy atom. The fourth-order valence-corrected chi connectivity index (χ4v) is 1.49. The molecule has 3 N–H and O–H groups in total. The lowest BCUT2D eigenvalue weighted by Crippen LogP contribution is -2.31. The van der Waals surface area contributed by atoms with Crippen molar-refractivity contribution < 1.29 is 4.74 Å². The molecular weight excluding hydrogens is 152 g/mol. The number of nitrogens with two attached hydrogens (primary N) is 1. The highest BCUT2D eigenvalue weighted by Crippen LogP contribution is 2.18. The van der Waals surface area contributed by atoms with Crippen molar-refractivity contribution in [2.75, 3.05) is 26.2 Å². The lowest BCUT2D eigenvalue weighted by atomic mass is 10.0. The van der Waals surface area contributed by atoms with E-state index < -0.39 is 0 Å². The molecule has 3 nitrogen and oxygen atoms in total. The van der Waals surface area contributed by atoms with Crippen LogP contribution in [0.1, 0.15) is 19.8 Å². The molecule has 0 bridgehead atoms. The van der Waals surface area contributed by atoms with Crippen molar-refractivity contribution in [3.05, 3.63) is 0 Å². The Morgan fingerprint density at radius 3 is 3.00 bits per heavy atom. The first-order chi connectivity index (χ1) is 5.84. The van der Waals surface area contributed by atoms with Gasteiger partial charge in [-0.1, -0.05) is 6.92 Å². The maximum atomic E-state index is 5.55. The van der Waals surface area contributed by atoms with Gasteiger partial charge in [-0.3, -0.25) is 0 Å². The van der Waals surface area contributed by atoms with Crippen LogP contribution in [0.5, 0.6) is 0 Å². The molecule has 0 aliphatic carbocycles. The number of hydrogen-bond donors (Lipinski definition) is 2. The summed E-state index contributed by atoms with van der Waals surface area (Å²) >= 11 is 0. The molecule has 1 aliphatic heterocycles. The molecule has 1 heterocycles. The fourth-order valence-electron chi connectivity index (χ4n) is 1.49. The molecule has 12 heavy (non-hydrogen) atoms. The topological polar surface area (TPSA) is 47.3 Å². The minimum atomic E-state index is 0.433. The van der Waals surface area contributed by atoms with Crippen LogP contribution in [0, 0.1) is 5.92 Å². The minimum absolute atomic E-state index is 0.433. The highest BCUT2D eigenvalue weighted by Gasteiger charge is 2.23. The molecule has 0 aromatic rings. The summed E-state index contributed by atoms with van der Waals surface area (Å²) in [6.07, 6.45) is 2.70. The van der Waals surface area contributed by atoms with Gasteiger partial charge in [-0.2, -0.15) is 0 Å². The third-order valence-electron chi connectivity index (χ3n) is 2.44. The second kappa shape index (κ2) is 5.51. The van der Waals surface area contributed by atoms with Gasteiger partial charge in [0.15, 0.2) is 0 Å². The third-order valence-corrected chi connectivity index (χ3v) is 2.44. The summed E-state index contributed by atoms with van der Waals surface area (Å²) in [6.45, 7) is 5.96. The highest BCUT2D eigenvalue weighted by atomic mass is 16.5. The van der Waals surface area contributed by atoms with Gasteiger partial charge in [0.25, 0.3) is 0 Å². The summed E-state index contributed by atoms with van der Waals surface area (Å²) in [5.74, 6) is 0.718. The van der Waals surface area contributed by atoms with E-state index in [9.17, 15) is 0 Å². The van der Waals surface area contributed by atoms with Gasteiger partial charge in [-0.05, 0) is 31.8 Å². The molecule has 0 radical (unpaired) electrons. The molecule has 1 fully saturated rings. The number of hydrogen-bond acceptors (Lipinski definition) is 3. The first kappa shape index (κ1) is 9.96. The monoisotopic (exact) mass is 172 g/mol. The van der Waals surface area contributed by atoms with Crippen LogP contribution in [0.4, 0.5) is 0 Å². The van der Waals surface area contributed by atoms with Gasteiger partial charge in [-0.25, -0.2) is 0 Å². The fraction of sp³-hybridized carbons (Fsp3) is 1.00. The van der Waals surface area contributed by atoms with Crippen LogP contribution in [0.15, 0.2) is 0 Å². The summed E-state index contributed by atoms with van der Waals surface area (Å²) in [5.41, 5.74) is 5.38.